The zero-order chi connectivity index (χ0) is 15.8. The van der Waals surface area contributed by atoms with E-state index in [1.165, 1.54) is 35.4 Å². The predicted molar refractivity (Wildman–Crippen MR) is 87.8 cm³/mol. The number of thiophene rings is 1. The lowest BCUT2D eigenvalue weighted by Gasteiger charge is -2.36. The Kier molecular flexibility index (Phi) is 3.91. The van der Waals surface area contributed by atoms with Crippen molar-refractivity contribution in [3.63, 3.8) is 0 Å². The summed E-state index contributed by atoms with van der Waals surface area (Å²) in [5, 5.41) is 4.25. The minimum atomic E-state index is -0.241. The molecule has 0 bridgehead atoms. The van der Waals surface area contributed by atoms with E-state index in [-0.39, 0.29) is 17.8 Å². The van der Waals surface area contributed by atoms with Gasteiger partial charge in [0.1, 0.15) is 5.82 Å². The predicted octanol–water partition coefficient (Wildman–Crippen LogP) is 2.09. The Bertz CT molecular complexity index is 708. The van der Waals surface area contributed by atoms with Gasteiger partial charge in [0.15, 0.2) is 6.54 Å². The monoisotopic (exact) mass is 331 g/mol. The van der Waals surface area contributed by atoms with Crippen LogP contribution in [0.1, 0.15) is 34.9 Å². The number of amides is 1. The summed E-state index contributed by atoms with van der Waals surface area (Å²) in [5.41, 5.74) is 2.19. The van der Waals surface area contributed by atoms with Gasteiger partial charge in [-0.1, -0.05) is 12.1 Å². The molecule has 1 aliphatic carbocycles. The second-order valence-corrected chi connectivity index (χ2v) is 7.37. The lowest BCUT2D eigenvalue weighted by molar-refractivity contribution is -0.658. The molecule has 3 nitrogen and oxygen atoms in total. The molecular formula is C18H20FN2OS+. The number of hydrogen-bond acceptors (Lipinski definition) is 2. The van der Waals surface area contributed by atoms with E-state index in [1.807, 2.05) is 4.90 Å². The lowest BCUT2D eigenvalue weighted by Crippen LogP contribution is -2.88. The molecule has 1 fully saturated rings. The van der Waals surface area contributed by atoms with E-state index >= 15 is 0 Å². The van der Waals surface area contributed by atoms with Crippen LogP contribution in [-0.2, 0) is 11.2 Å². The molecule has 2 heterocycles. The van der Waals surface area contributed by atoms with Gasteiger partial charge in [-0.2, -0.15) is 0 Å². The summed E-state index contributed by atoms with van der Waals surface area (Å²) in [5.74, 6) is -0.0573. The molecule has 4 rings (SSSR count). The van der Waals surface area contributed by atoms with E-state index in [0.717, 1.165) is 18.5 Å². The van der Waals surface area contributed by atoms with Gasteiger partial charge in [-0.05, 0) is 41.1 Å². The van der Waals surface area contributed by atoms with Crippen molar-refractivity contribution in [1.29, 1.82) is 0 Å². The van der Waals surface area contributed by atoms with Gasteiger partial charge in [-0.15, -0.1) is 11.3 Å². The first-order valence-corrected chi connectivity index (χ1v) is 9.05. The fraction of sp³-hybridized carbons (Fsp3) is 0.389. The smallest absolute Gasteiger partial charge is 0.278 e. The molecule has 2 aliphatic rings. The van der Waals surface area contributed by atoms with Gasteiger partial charge in [-0.25, -0.2) is 4.39 Å². The maximum atomic E-state index is 13.3. The Morgan fingerprint density at radius 3 is 2.78 bits per heavy atom. The third-order valence-corrected chi connectivity index (χ3v) is 5.72. The molecule has 0 saturated heterocycles. The van der Waals surface area contributed by atoms with Gasteiger partial charge in [0.25, 0.3) is 5.91 Å². The van der Waals surface area contributed by atoms with Crippen molar-refractivity contribution in [2.75, 3.05) is 13.1 Å². The SMILES string of the molecule is O=C(C[NH2+]C1CC1)N1CCc2sccc2[C@H]1c1ccc(F)cc1. The largest absolute Gasteiger partial charge is 0.336 e. The number of halogens is 1. The van der Waals surface area contributed by atoms with Crippen LogP contribution < -0.4 is 5.32 Å². The van der Waals surface area contributed by atoms with Crippen LogP contribution in [0.15, 0.2) is 35.7 Å². The van der Waals surface area contributed by atoms with E-state index < -0.39 is 0 Å². The number of quaternary nitrogens is 1. The third-order valence-electron chi connectivity index (χ3n) is 4.72. The maximum Gasteiger partial charge on any atom is 0.278 e. The standard InChI is InChI=1S/C18H19FN2OS/c19-13-3-1-12(2-4-13)18-15-8-10-23-16(15)7-9-21(18)17(22)11-20-14-5-6-14/h1-4,8,10,14,18,20H,5-7,9,11H2/p+1/t18-/m1/s1. The zero-order valence-electron chi connectivity index (χ0n) is 12.9. The second-order valence-electron chi connectivity index (χ2n) is 6.37. The summed E-state index contributed by atoms with van der Waals surface area (Å²) in [4.78, 5) is 16.1. The lowest BCUT2D eigenvalue weighted by atomic mass is 9.93. The van der Waals surface area contributed by atoms with Crippen LogP contribution in [0.2, 0.25) is 0 Å². The van der Waals surface area contributed by atoms with Crippen LogP contribution >= 0.6 is 11.3 Å². The summed E-state index contributed by atoms with van der Waals surface area (Å²) in [6, 6.07) is 9.24. The molecular weight excluding hydrogens is 311 g/mol. The van der Waals surface area contributed by atoms with Crippen LogP contribution in [0.3, 0.4) is 0 Å². The highest BCUT2D eigenvalue weighted by Crippen LogP contribution is 2.37. The molecule has 1 aromatic carbocycles. The number of fused-ring (bicyclic) bond motifs is 1. The third kappa shape index (κ3) is 3.03. The number of nitrogens with zero attached hydrogens (tertiary/aromatic N) is 1. The Hall–Kier alpha value is -1.72. The first-order valence-electron chi connectivity index (χ1n) is 8.17. The topological polar surface area (TPSA) is 36.9 Å². The number of hydrogen-bond donors (Lipinski definition) is 1. The van der Waals surface area contributed by atoms with Gasteiger partial charge >= 0.3 is 0 Å². The number of benzene rings is 1. The molecule has 120 valence electrons. The van der Waals surface area contributed by atoms with E-state index in [9.17, 15) is 9.18 Å². The van der Waals surface area contributed by atoms with E-state index in [2.05, 4.69) is 16.8 Å². The van der Waals surface area contributed by atoms with Crippen LogP contribution in [0.4, 0.5) is 4.39 Å². The average Bonchev–Trinajstić information content (AvgIpc) is 3.27. The molecule has 2 N–H and O–H groups in total. The summed E-state index contributed by atoms with van der Waals surface area (Å²) in [6.45, 7) is 1.26. The molecule has 1 atom stereocenters. The molecule has 2 aromatic rings. The highest BCUT2D eigenvalue weighted by Gasteiger charge is 2.34. The fourth-order valence-electron chi connectivity index (χ4n) is 3.31. The van der Waals surface area contributed by atoms with Gasteiger partial charge in [-0.3, -0.25) is 4.79 Å². The van der Waals surface area contributed by atoms with E-state index in [4.69, 9.17) is 0 Å². The van der Waals surface area contributed by atoms with Crippen LogP contribution in [0.25, 0.3) is 0 Å². The highest BCUT2D eigenvalue weighted by atomic mass is 32.1. The van der Waals surface area contributed by atoms with Gasteiger partial charge in [0.2, 0.25) is 0 Å². The first kappa shape index (κ1) is 14.8. The number of carbonyl (C=O) groups is 1. The van der Waals surface area contributed by atoms with Crippen molar-refractivity contribution in [1.82, 2.24) is 4.90 Å². The Balaban J connectivity index is 1.63. The van der Waals surface area contributed by atoms with E-state index in [1.54, 1.807) is 23.5 Å². The van der Waals surface area contributed by atoms with Crippen molar-refractivity contribution in [3.8, 4) is 0 Å². The highest BCUT2D eigenvalue weighted by molar-refractivity contribution is 7.10. The summed E-state index contributed by atoms with van der Waals surface area (Å²) in [6.07, 6.45) is 3.37. The zero-order valence-corrected chi connectivity index (χ0v) is 13.7. The van der Waals surface area contributed by atoms with Crippen molar-refractivity contribution in [2.24, 2.45) is 0 Å². The van der Waals surface area contributed by atoms with Gasteiger partial charge in [0.05, 0.1) is 12.1 Å². The summed E-state index contributed by atoms with van der Waals surface area (Å²) in [7, 11) is 0. The molecule has 1 aliphatic heterocycles. The molecule has 0 radical (unpaired) electrons. The maximum absolute atomic E-state index is 13.3. The summed E-state index contributed by atoms with van der Waals surface area (Å²) >= 11 is 1.75. The fourth-order valence-corrected chi connectivity index (χ4v) is 4.21. The molecule has 23 heavy (non-hydrogen) atoms. The Morgan fingerprint density at radius 2 is 2.04 bits per heavy atom. The van der Waals surface area contributed by atoms with Gasteiger partial charge in [0, 0.05) is 24.3 Å². The molecule has 1 aromatic heterocycles. The summed E-state index contributed by atoms with van der Waals surface area (Å²) < 4.78 is 13.3. The molecule has 1 saturated carbocycles. The molecule has 0 unspecified atom stereocenters. The minimum absolute atomic E-state index is 0.0781. The van der Waals surface area contributed by atoms with Crippen molar-refractivity contribution < 1.29 is 14.5 Å². The Labute approximate surface area is 139 Å². The minimum Gasteiger partial charge on any atom is -0.336 e. The molecule has 5 heteroatoms. The number of nitrogens with two attached hydrogens (primary N) is 1. The molecule has 1 amide bonds. The normalized spacial score (nSPS) is 20.4. The Morgan fingerprint density at radius 1 is 1.26 bits per heavy atom. The van der Waals surface area contributed by atoms with Crippen molar-refractivity contribution >= 4 is 17.2 Å². The quantitative estimate of drug-likeness (QED) is 0.915. The van der Waals surface area contributed by atoms with Crippen LogP contribution in [0, 0.1) is 5.82 Å². The van der Waals surface area contributed by atoms with Crippen molar-refractivity contribution in [2.45, 2.75) is 31.3 Å². The van der Waals surface area contributed by atoms with Crippen LogP contribution in [0.5, 0.6) is 0 Å². The van der Waals surface area contributed by atoms with Crippen LogP contribution in [-0.4, -0.2) is 29.9 Å². The van der Waals surface area contributed by atoms with Crippen molar-refractivity contribution in [3.05, 3.63) is 57.5 Å². The van der Waals surface area contributed by atoms with E-state index in [0.29, 0.717) is 12.6 Å². The first-order chi connectivity index (χ1) is 11.2. The van der Waals surface area contributed by atoms with Gasteiger partial charge < -0.3 is 10.2 Å². The number of carbonyl (C=O) groups excluding carboxylic acids is 1. The second kappa shape index (κ2) is 6.06. The average molecular weight is 331 g/mol. The number of rotatable bonds is 4. The molecule has 0 spiro atoms.